The number of H-pyrrole nitrogens is 1. The van der Waals surface area contributed by atoms with Crippen LogP contribution in [-0.4, -0.2) is 26.3 Å². The molecule has 3 unspecified atom stereocenters. The zero-order valence-corrected chi connectivity index (χ0v) is 18.6. The molecule has 2 heterocycles. The molecule has 2 aliphatic rings. The summed E-state index contributed by atoms with van der Waals surface area (Å²) in [6.45, 7) is 0.765. The minimum atomic E-state index is 0.0898. The molecule has 6 heteroatoms. The van der Waals surface area contributed by atoms with Crippen LogP contribution in [0.3, 0.4) is 0 Å². The lowest BCUT2D eigenvalue weighted by Gasteiger charge is -2.42. The summed E-state index contributed by atoms with van der Waals surface area (Å²) in [6.07, 6.45) is 19.5. The Labute approximate surface area is 194 Å². The molecule has 1 aromatic carbocycles. The Morgan fingerprint density at radius 3 is 2.82 bits per heavy atom. The number of imidazole rings is 1. The number of nitrogens with zero attached hydrogens (tertiary/aromatic N) is 3. The molecule has 33 heavy (non-hydrogen) atoms. The van der Waals surface area contributed by atoms with Gasteiger partial charge in [-0.05, 0) is 55.0 Å². The Kier molecular flexibility index (Phi) is 6.44. The van der Waals surface area contributed by atoms with Crippen LogP contribution < -0.4 is 5.32 Å². The van der Waals surface area contributed by atoms with Gasteiger partial charge >= 0.3 is 0 Å². The lowest BCUT2D eigenvalue weighted by molar-refractivity contribution is -0.105. The predicted molar refractivity (Wildman–Crippen MR) is 129 cm³/mol. The van der Waals surface area contributed by atoms with Crippen LogP contribution in [-0.2, 0) is 17.8 Å². The molecule has 0 fully saturated rings. The first-order valence-electron chi connectivity index (χ1n) is 11.6. The number of pyridine rings is 1. The number of benzene rings is 1. The van der Waals surface area contributed by atoms with Gasteiger partial charge in [0.05, 0.1) is 17.8 Å². The van der Waals surface area contributed by atoms with Gasteiger partial charge in [-0.25, -0.2) is 4.98 Å². The van der Waals surface area contributed by atoms with E-state index in [2.05, 4.69) is 57.7 Å². The van der Waals surface area contributed by atoms with Crippen molar-refractivity contribution in [3.8, 4) is 0 Å². The number of carbonyl (C=O) groups is 1. The highest BCUT2D eigenvalue weighted by molar-refractivity contribution is 5.71. The van der Waals surface area contributed by atoms with Gasteiger partial charge in [0.25, 0.3) is 0 Å². The summed E-state index contributed by atoms with van der Waals surface area (Å²) in [5.41, 5.74) is 4.53. The van der Waals surface area contributed by atoms with Crippen LogP contribution in [0.4, 0.5) is 5.69 Å². The van der Waals surface area contributed by atoms with E-state index < -0.39 is 0 Å². The minimum Gasteiger partial charge on any atom is -0.347 e. The summed E-state index contributed by atoms with van der Waals surface area (Å²) in [5, 5.41) is 2.73. The standard InChI is InChI=1S/C27H29N5O/c33-19-31-23-13-11-20(12-14-23)18-32(24-10-4-8-21-9-5-15-28-25(21)24)26(27-29-16-17-30-27)22-6-2-1-3-7-22/h1-3,5-6,9,11-17,19,22,24,26H,4,7-8,10,18H2,(H,29,30)(H,31,33). The van der Waals surface area contributed by atoms with Crippen molar-refractivity contribution in [2.24, 2.45) is 5.92 Å². The van der Waals surface area contributed by atoms with Crippen molar-refractivity contribution in [2.75, 3.05) is 5.32 Å². The molecule has 0 bridgehead atoms. The SMILES string of the molecule is O=CNc1ccc(CN(C2CCCc3cccnc32)C(c2ncc[nH]2)C2C=CC=CC2)cc1. The summed E-state index contributed by atoms with van der Waals surface area (Å²) in [7, 11) is 0. The first kappa shape index (κ1) is 21.3. The molecule has 5 rings (SSSR count). The molecule has 2 aromatic heterocycles. The van der Waals surface area contributed by atoms with E-state index in [0.717, 1.165) is 43.7 Å². The number of fused-ring (bicyclic) bond motifs is 1. The van der Waals surface area contributed by atoms with Crippen molar-refractivity contribution in [2.45, 2.75) is 44.3 Å². The highest BCUT2D eigenvalue weighted by Crippen LogP contribution is 2.42. The van der Waals surface area contributed by atoms with Crippen molar-refractivity contribution >= 4 is 12.1 Å². The number of aromatic amines is 1. The molecule has 0 radical (unpaired) electrons. The zero-order valence-electron chi connectivity index (χ0n) is 18.6. The third-order valence-corrected chi connectivity index (χ3v) is 6.69. The highest BCUT2D eigenvalue weighted by Gasteiger charge is 2.37. The van der Waals surface area contributed by atoms with Gasteiger partial charge in [-0.1, -0.05) is 42.5 Å². The molecule has 3 atom stereocenters. The Bertz CT molecular complexity index is 1120. The third kappa shape index (κ3) is 4.66. The minimum absolute atomic E-state index is 0.0898. The Balaban J connectivity index is 1.56. The topological polar surface area (TPSA) is 73.9 Å². The van der Waals surface area contributed by atoms with Crippen molar-refractivity contribution < 1.29 is 4.79 Å². The van der Waals surface area contributed by atoms with Gasteiger partial charge in [0, 0.05) is 36.7 Å². The van der Waals surface area contributed by atoms with E-state index in [1.54, 1.807) is 0 Å². The fraction of sp³-hybridized carbons (Fsp3) is 0.296. The van der Waals surface area contributed by atoms with Gasteiger partial charge in [0.15, 0.2) is 0 Å². The maximum atomic E-state index is 10.8. The molecule has 0 spiro atoms. The normalized spacial score (nSPS) is 20.4. The average Bonchev–Trinajstić information content (AvgIpc) is 3.40. The van der Waals surface area contributed by atoms with Crippen molar-refractivity contribution in [3.05, 3.63) is 102 Å². The van der Waals surface area contributed by atoms with Gasteiger partial charge in [-0.2, -0.15) is 0 Å². The van der Waals surface area contributed by atoms with Crippen LogP contribution in [0.1, 0.15) is 54.0 Å². The summed E-state index contributed by atoms with van der Waals surface area (Å²) in [5.74, 6) is 1.30. The number of rotatable bonds is 8. The molecule has 1 amide bonds. The Morgan fingerprint density at radius 1 is 1.15 bits per heavy atom. The molecule has 3 aromatic rings. The smallest absolute Gasteiger partial charge is 0.211 e. The number of allylic oxidation sites excluding steroid dienone is 3. The monoisotopic (exact) mass is 439 g/mol. The molecular formula is C27H29N5O. The summed E-state index contributed by atoms with van der Waals surface area (Å²) in [6, 6.07) is 12.7. The predicted octanol–water partition coefficient (Wildman–Crippen LogP) is 5.13. The van der Waals surface area contributed by atoms with E-state index in [4.69, 9.17) is 9.97 Å². The number of amides is 1. The third-order valence-electron chi connectivity index (χ3n) is 6.69. The summed E-state index contributed by atoms with van der Waals surface area (Å²) in [4.78, 5) is 26.4. The number of hydrogen-bond acceptors (Lipinski definition) is 4. The average molecular weight is 440 g/mol. The molecule has 6 nitrogen and oxygen atoms in total. The van der Waals surface area contributed by atoms with Crippen molar-refractivity contribution in [1.29, 1.82) is 0 Å². The number of carbonyl (C=O) groups excluding carboxylic acids is 1. The fourth-order valence-electron chi connectivity index (χ4n) is 5.17. The lowest BCUT2D eigenvalue weighted by Crippen LogP contribution is -2.38. The Hall–Kier alpha value is -3.51. The van der Waals surface area contributed by atoms with Crippen LogP contribution in [0.15, 0.2) is 79.3 Å². The maximum absolute atomic E-state index is 10.8. The lowest BCUT2D eigenvalue weighted by atomic mass is 9.85. The zero-order chi connectivity index (χ0) is 22.5. The van der Waals surface area contributed by atoms with Crippen LogP contribution in [0.25, 0.3) is 0 Å². The number of aryl methyl sites for hydroxylation is 1. The molecule has 0 aliphatic heterocycles. The number of hydrogen-bond donors (Lipinski definition) is 2. The molecule has 168 valence electrons. The van der Waals surface area contributed by atoms with Crippen LogP contribution in [0, 0.1) is 5.92 Å². The molecule has 0 saturated heterocycles. The first-order valence-corrected chi connectivity index (χ1v) is 11.6. The number of anilines is 1. The van der Waals surface area contributed by atoms with E-state index in [9.17, 15) is 4.79 Å². The van der Waals surface area contributed by atoms with Crippen molar-refractivity contribution in [3.63, 3.8) is 0 Å². The summed E-state index contributed by atoms with van der Waals surface area (Å²) < 4.78 is 0. The largest absolute Gasteiger partial charge is 0.347 e. The van der Waals surface area contributed by atoms with Gasteiger partial charge in [-0.15, -0.1) is 0 Å². The van der Waals surface area contributed by atoms with Gasteiger partial charge in [-0.3, -0.25) is 14.7 Å². The fourth-order valence-corrected chi connectivity index (χ4v) is 5.17. The van der Waals surface area contributed by atoms with Crippen LogP contribution in [0.2, 0.25) is 0 Å². The second kappa shape index (κ2) is 9.96. The van der Waals surface area contributed by atoms with Gasteiger partial charge in [0.2, 0.25) is 6.41 Å². The number of aromatic nitrogens is 3. The molecule has 2 aliphatic carbocycles. The van der Waals surface area contributed by atoms with Crippen LogP contribution in [0.5, 0.6) is 0 Å². The van der Waals surface area contributed by atoms with E-state index in [-0.39, 0.29) is 12.1 Å². The van der Waals surface area contributed by atoms with Gasteiger partial charge in [0.1, 0.15) is 5.82 Å². The highest BCUT2D eigenvalue weighted by atomic mass is 16.1. The Morgan fingerprint density at radius 2 is 2.06 bits per heavy atom. The van der Waals surface area contributed by atoms with Crippen molar-refractivity contribution in [1.82, 2.24) is 19.9 Å². The maximum Gasteiger partial charge on any atom is 0.211 e. The van der Waals surface area contributed by atoms with Crippen LogP contribution >= 0.6 is 0 Å². The molecule has 2 N–H and O–H groups in total. The quantitative estimate of drug-likeness (QED) is 0.478. The van der Waals surface area contributed by atoms with E-state index in [1.807, 2.05) is 36.8 Å². The number of nitrogens with one attached hydrogen (secondary N) is 2. The first-order chi connectivity index (χ1) is 16.3. The summed E-state index contributed by atoms with van der Waals surface area (Å²) >= 11 is 0. The van der Waals surface area contributed by atoms with E-state index in [1.165, 1.54) is 16.8 Å². The second-order valence-electron chi connectivity index (χ2n) is 8.72. The van der Waals surface area contributed by atoms with E-state index >= 15 is 0 Å². The van der Waals surface area contributed by atoms with Gasteiger partial charge < -0.3 is 10.3 Å². The second-order valence-corrected chi connectivity index (χ2v) is 8.72. The molecule has 0 saturated carbocycles. The molecular weight excluding hydrogens is 410 g/mol. The van der Waals surface area contributed by atoms with E-state index in [0.29, 0.717) is 12.3 Å².